The lowest BCUT2D eigenvalue weighted by Crippen LogP contribution is -2.03. The molecule has 0 bridgehead atoms. The summed E-state index contributed by atoms with van der Waals surface area (Å²) < 4.78 is 37.7. The third-order valence-corrected chi connectivity index (χ3v) is 2.57. The first-order valence-corrected chi connectivity index (χ1v) is 4.82. The molecule has 0 fully saturated rings. The van der Waals surface area contributed by atoms with Crippen molar-refractivity contribution in [1.29, 1.82) is 0 Å². The van der Waals surface area contributed by atoms with Crippen LogP contribution in [-0.4, -0.2) is 20.0 Å². The number of pyridine rings is 1. The van der Waals surface area contributed by atoms with Crippen LogP contribution in [0.2, 0.25) is 0 Å². The lowest BCUT2D eigenvalue weighted by molar-refractivity contribution is -0.0331. The fourth-order valence-corrected chi connectivity index (χ4v) is 1.77. The summed E-state index contributed by atoms with van der Waals surface area (Å²) in [7, 11) is 1.51. The second-order valence-electron chi connectivity index (χ2n) is 2.85. The highest BCUT2D eigenvalue weighted by molar-refractivity contribution is 8.00. The molecule has 80 valence electrons. The van der Waals surface area contributed by atoms with Crippen molar-refractivity contribution in [3.05, 3.63) is 18.3 Å². The summed E-state index contributed by atoms with van der Waals surface area (Å²) in [5.41, 5.74) is -3.41. The van der Waals surface area contributed by atoms with Gasteiger partial charge in [-0.3, -0.25) is 0 Å². The van der Waals surface area contributed by atoms with Crippen LogP contribution in [-0.2, 0) is 7.05 Å². The number of nitrogens with zero attached hydrogens (tertiary/aromatic N) is 3. The first kappa shape index (κ1) is 10.3. The zero-order chi connectivity index (χ0) is 11.1. The van der Waals surface area contributed by atoms with Crippen LogP contribution in [0.25, 0.3) is 11.2 Å². The molecule has 0 unspecified atom stereocenters. The minimum Gasteiger partial charge on any atom is -0.307 e. The molecule has 2 heterocycles. The number of rotatable bonds is 1. The maximum Gasteiger partial charge on any atom is 0.449 e. The fourth-order valence-electron chi connectivity index (χ4n) is 1.20. The van der Waals surface area contributed by atoms with E-state index < -0.39 is 5.51 Å². The standard InChI is InChI=1S/C8H6F3N3S/c1-14-6-5(3-2-4-12-6)13-7(14)15-8(9,10)11/h2-4H,1H3. The van der Waals surface area contributed by atoms with Crippen molar-refractivity contribution in [2.24, 2.45) is 7.05 Å². The van der Waals surface area contributed by atoms with Gasteiger partial charge in [0.15, 0.2) is 10.8 Å². The van der Waals surface area contributed by atoms with Gasteiger partial charge in [0.2, 0.25) is 0 Å². The van der Waals surface area contributed by atoms with E-state index in [-0.39, 0.29) is 16.9 Å². The van der Waals surface area contributed by atoms with Gasteiger partial charge in [-0.2, -0.15) is 13.2 Å². The fraction of sp³-hybridized carbons (Fsp3) is 0.250. The van der Waals surface area contributed by atoms with E-state index in [1.807, 2.05) is 0 Å². The number of fused-ring (bicyclic) bond motifs is 1. The third kappa shape index (κ3) is 2.06. The van der Waals surface area contributed by atoms with Gasteiger partial charge in [-0.25, -0.2) is 9.97 Å². The van der Waals surface area contributed by atoms with Crippen LogP contribution in [0.3, 0.4) is 0 Å². The summed E-state index contributed by atoms with van der Waals surface area (Å²) in [5, 5.41) is -0.101. The highest BCUT2D eigenvalue weighted by atomic mass is 32.2. The SMILES string of the molecule is Cn1c(SC(F)(F)F)nc2cccnc21. The second kappa shape index (κ2) is 3.41. The highest BCUT2D eigenvalue weighted by Gasteiger charge is 2.32. The van der Waals surface area contributed by atoms with Crippen molar-refractivity contribution in [3.8, 4) is 0 Å². The predicted octanol–water partition coefficient (Wildman–Crippen LogP) is 2.58. The summed E-state index contributed by atoms with van der Waals surface area (Å²) in [5.74, 6) is 0. The maximum absolute atomic E-state index is 12.1. The number of hydrogen-bond donors (Lipinski definition) is 0. The van der Waals surface area contributed by atoms with Gasteiger partial charge >= 0.3 is 5.51 Å². The van der Waals surface area contributed by atoms with Gasteiger partial charge in [0.05, 0.1) is 0 Å². The van der Waals surface area contributed by atoms with Gasteiger partial charge < -0.3 is 4.57 Å². The Hall–Kier alpha value is -1.24. The average molecular weight is 233 g/mol. The van der Waals surface area contributed by atoms with Crippen molar-refractivity contribution < 1.29 is 13.2 Å². The molecule has 2 rings (SSSR count). The van der Waals surface area contributed by atoms with Crippen LogP contribution < -0.4 is 0 Å². The molecular formula is C8H6F3N3S. The summed E-state index contributed by atoms with van der Waals surface area (Å²) in [4.78, 5) is 7.79. The molecule has 0 aliphatic rings. The Morgan fingerprint density at radius 2 is 2.13 bits per heavy atom. The Morgan fingerprint density at radius 1 is 1.40 bits per heavy atom. The first-order valence-electron chi connectivity index (χ1n) is 4.00. The highest BCUT2D eigenvalue weighted by Crippen LogP contribution is 2.36. The normalized spacial score (nSPS) is 12.3. The number of halogens is 3. The van der Waals surface area contributed by atoms with E-state index in [9.17, 15) is 13.2 Å². The molecule has 0 aromatic carbocycles. The summed E-state index contributed by atoms with van der Waals surface area (Å²) >= 11 is -0.235. The first-order chi connectivity index (χ1) is 6.97. The molecule has 0 aliphatic carbocycles. The molecule has 15 heavy (non-hydrogen) atoms. The Labute approximate surface area is 87.3 Å². The van der Waals surface area contributed by atoms with E-state index in [2.05, 4.69) is 9.97 Å². The van der Waals surface area contributed by atoms with Gasteiger partial charge in [0.25, 0.3) is 0 Å². The van der Waals surface area contributed by atoms with Gasteiger partial charge in [-0.15, -0.1) is 0 Å². The third-order valence-electron chi connectivity index (χ3n) is 1.79. The molecule has 0 N–H and O–H groups in total. The molecule has 7 heteroatoms. The zero-order valence-electron chi connectivity index (χ0n) is 7.62. The second-order valence-corrected chi connectivity index (χ2v) is 3.88. The summed E-state index contributed by atoms with van der Waals surface area (Å²) in [6.45, 7) is 0. The van der Waals surface area contributed by atoms with E-state index in [0.717, 1.165) is 0 Å². The van der Waals surface area contributed by atoms with Crippen molar-refractivity contribution >= 4 is 22.9 Å². The van der Waals surface area contributed by atoms with E-state index in [0.29, 0.717) is 11.2 Å². The Morgan fingerprint density at radius 3 is 2.73 bits per heavy atom. The van der Waals surface area contributed by atoms with Gasteiger partial charge in [-0.1, -0.05) is 0 Å². The molecule has 2 aromatic rings. The molecule has 0 radical (unpaired) electrons. The van der Waals surface area contributed by atoms with E-state index in [1.54, 1.807) is 12.1 Å². The van der Waals surface area contributed by atoms with Crippen molar-refractivity contribution in [3.63, 3.8) is 0 Å². The van der Waals surface area contributed by atoms with Crippen LogP contribution in [0.15, 0.2) is 23.5 Å². The molecular weight excluding hydrogens is 227 g/mol. The maximum atomic E-state index is 12.1. The molecule has 0 saturated carbocycles. The van der Waals surface area contributed by atoms with Crippen LogP contribution in [0.5, 0.6) is 0 Å². The Kier molecular flexibility index (Phi) is 2.34. The number of aromatic nitrogens is 3. The van der Waals surface area contributed by atoms with Crippen molar-refractivity contribution in [2.45, 2.75) is 10.7 Å². The van der Waals surface area contributed by atoms with Gasteiger partial charge in [0.1, 0.15) is 5.52 Å². The zero-order valence-corrected chi connectivity index (χ0v) is 8.43. The molecule has 3 nitrogen and oxygen atoms in total. The summed E-state index contributed by atoms with van der Waals surface area (Å²) in [6, 6.07) is 3.26. The van der Waals surface area contributed by atoms with Gasteiger partial charge in [0, 0.05) is 25.0 Å². The Bertz CT molecular complexity index is 491. The molecule has 0 amide bonds. The van der Waals surface area contributed by atoms with Gasteiger partial charge in [-0.05, 0) is 12.1 Å². The van der Waals surface area contributed by atoms with E-state index >= 15 is 0 Å². The topological polar surface area (TPSA) is 30.7 Å². The van der Waals surface area contributed by atoms with Crippen LogP contribution >= 0.6 is 11.8 Å². The number of aryl methyl sites for hydroxylation is 1. The number of hydrogen-bond acceptors (Lipinski definition) is 3. The van der Waals surface area contributed by atoms with Crippen molar-refractivity contribution in [2.75, 3.05) is 0 Å². The molecule has 0 saturated heterocycles. The monoisotopic (exact) mass is 233 g/mol. The molecule has 2 aromatic heterocycles. The van der Waals surface area contributed by atoms with Crippen molar-refractivity contribution in [1.82, 2.24) is 14.5 Å². The van der Waals surface area contributed by atoms with Crippen LogP contribution in [0.1, 0.15) is 0 Å². The van der Waals surface area contributed by atoms with E-state index in [1.165, 1.54) is 17.8 Å². The largest absolute Gasteiger partial charge is 0.449 e. The number of imidazole rings is 1. The number of thioether (sulfide) groups is 1. The lowest BCUT2D eigenvalue weighted by Gasteiger charge is -2.04. The quantitative estimate of drug-likeness (QED) is 0.709. The molecule has 0 aliphatic heterocycles. The minimum absolute atomic E-state index is 0.101. The van der Waals surface area contributed by atoms with Crippen LogP contribution in [0.4, 0.5) is 13.2 Å². The van der Waals surface area contributed by atoms with E-state index in [4.69, 9.17) is 0 Å². The Balaban J connectivity index is 2.49. The lowest BCUT2D eigenvalue weighted by atomic mass is 10.4. The minimum atomic E-state index is -4.32. The average Bonchev–Trinajstić information content (AvgIpc) is 2.42. The molecule has 0 spiro atoms. The predicted molar refractivity (Wildman–Crippen MR) is 50.4 cm³/mol. The summed E-state index contributed by atoms with van der Waals surface area (Å²) in [6.07, 6.45) is 1.52. The van der Waals surface area contributed by atoms with Crippen LogP contribution in [0, 0.1) is 0 Å². The number of alkyl halides is 3. The smallest absolute Gasteiger partial charge is 0.307 e. The molecule has 0 atom stereocenters.